The Balaban J connectivity index is 4.66. The summed E-state index contributed by atoms with van der Waals surface area (Å²) in [5.74, 6) is 0.884. The van der Waals surface area contributed by atoms with Gasteiger partial charge in [0.2, 0.25) is 11.8 Å². The fraction of sp³-hybridized carbons (Fsp3) is 0.895. The molecule has 5 heteroatoms. The van der Waals surface area contributed by atoms with Crippen LogP contribution in [0.25, 0.3) is 0 Å². The van der Waals surface area contributed by atoms with Gasteiger partial charge >= 0.3 is 0 Å². The van der Waals surface area contributed by atoms with Crippen LogP contribution in [0.1, 0.15) is 60.8 Å². The van der Waals surface area contributed by atoms with E-state index in [1.807, 2.05) is 0 Å². The molecule has 24 heavy (non-hydrogen) atoms. The van der Waals surface area contributed by atoms with Gasteiger partial charge in [0.25, 0.3) is 0 Å². The van der Waals surface area contributed by atoms with Gasteiger partial charge in [0.1, 0.15) is 0 Å². The van der Waals surface area contributed by atoms with Crippen molar-refractivity contribution in [2.75, 3.05) is 20.2 Å². The fourth-order valence-electron chi connectivity index (χ4n) is 2.91. The van der Waals surface area contributed by atoms with Crippen molar-refractivity contribution in [2.24, 2.45) is 23.7 Å². The highest BCUT2D eigenvalue weighted by molar-refractivity contribution is 5.86. The molecule has 0 bridgehead atoms. The predicted molar refractivity (Wildman–Crippen MR) is 98.5 cm³/mol. The lowest BCUT2D eigenvalue weighted by molar-refractivity contribution is -0.136. The van der Waals surface area contributed by atoms with E-state index < -0.39 is 0 Å². The summed E-state index contributed by atoms with van der Waals surface area (Å²) in [5.41, 5.74) is 0. The van der Waals surface area contributed by atoms with Crippen LogP contribution in [0.4, 0.5) is 0 Å². The van der Waals surface area contributed by atoms with E-state index in [0.717, 1.165) is 19.3 Å². The number of hydrogen-bond donors (Lipinski definition) is 2. The SMILES string of the molecule is CCC(C)C(CC(C)C)C(=O)NCC(=O)N(C)C(CO)CC(C)C. The topological polar surface area (TPSA) is 69.6 Å². The Labute approximate surface area is 148 Å². The van der Waals surface area contributed by atoms with E-state index in [-0.39, 0.29) is 36.9 Å². The molecule has 2 amide bonds. The largest absolute Gasteiger partial charge is 0.394 e. The van der Waals surface area contributed by atoms with E-state index in [9.17, 15) is 14.7 Å². The quantitative estimate of drug-likeness (QED) is 0.606. The van der Waals surface area contributed by atoms with Gasteiger partial charge in [-0.25, -0.2) is 0 Å². The van der Waals surface area contributed by atoms with Gasteiger partial charge in [-0.2, -0.15) is 0 Å². The van der Waals surface area contributed by atoms with Gasteiger partial charge in [0, 0.05) is 13.0 Å². The summed E-state index contributed by atoms with van der Waals surface area (Å²) >= 11 is 0. The first-order valence-corrected chi connectivity index (χ1v) is 9.28. The smallest absolute Gasteiger partial charge is 0.242 e. The number of aliphatic hydroxyl groups is 1. The lowest BCUT2D eigenvalue weighted by Crippen LogP contribution is -2.46. The first-order valence-electron chi connectivity index (χ1n) is 9.28. The molecule has 0 spiro atoms. The molecule has 0 radical (unpaired) electrons. The lowest BCUT2D eigenvalue weighted by atomic mass is 9.84. The Morgan fingerprint density at radius 2 is 1.58 bits per heavy atom. The first-order chi connectivity index (χ1) is 11.1. The highest BCUT2D eigenvalue weighted by atomic mass is 16.3. The summed E-state index contributed by atoms with van der Waals surface area (Å²) < 4.78 is 0. The van der Waals surface area contributed by atoms with Gasteiger partial charge in [-0.1, -0.05) is 48.0 Å². The molecule has 0 aromatic heterocycles. The van der Waals surface area contributed by atoms with Gasteiger partial charge in [-0.3, -0.25) is 9.59 Å². The normalized spacial score (nSPS) is 15.2. The standard InChI is InChI=1S/C19H38N2O3/c1-8-15(6)17(10-14(4)5)19(24)20-11-18(23)21(7)16(12-22)9-13(2)3/h13-17,22H,8-12H2,1-7H3,(H,20,24). The molecule has 0 heterocycles. The van der Waals surface area contributed by atoms with Gasteiger partial charge in [0.05, 0.1) is 19.2 Å². The van der Waals surface area contributed by atoms with Crippen LogP contribution in [0.3, 0.4) is 0 Å². The molecule has 0 aliphatic heterocycles. The number of hydrogen-bond acceptors (Lipinski definition) is 3. The monoisotopic (exact) mass is 342 g/mol. The Morgan fingerprint density at radius 1 is 1.04 bits per heavy atom. The maximum Gasteiger partial charge on any atom is 0.242 e. The van der Waals surface area contributed by atoms with Crippen molar-refractivity contribution in [1.29, 1.82) is 0 Å². The minimum Gasteiger partial charge on any atom is -0.394 e. The number of nitrogens with zero attached hydrogens (tertiary/aromatic N) is 1. The third-order valence-electron chi connectivity index (χ3n) is 4.70. The fourth-order valence-corrected chi connectivity index (χ4v) is 2.91. The van der Waals surface area contributed by atoms with E-state index in [1.54, 1.807) is 11.9 Å². The van der Waals surface area contributed by atoms with Crippen LogP contribution in [0.2, 0.25) is 0 Å². The van der Waals surface area contributed by atoms with Crippen molar-refractivity contribution in [3.05, 3.63) is 0 Å². The van der Waals surface area contributed by atoms with Crippen LogP contribution in [0.5, 0.6) is 0 Å². The number of carbonyl (C=O) groups is 2. The number of likely N-dealkylation sites (N-methyl/N-ethyl adjacent to an activating group) is 1. The van der Waals surface area contributed by atoms with Crippen LogP contribution in [-0.4, -0.2) is 48.1 Å². The second-order valence-electron chi connectivity index (χ2n) is 7.81. The molecule has 0 aromatic rings. The maximum absolute atomic E-state index is 12.5. The minimum atomic E-state index is -0.199. The summed E-state index contributed by atoms with van der Waals surface area (Å²) in [4.78, 5) is 26.4. The first kappa shape index (κ1) is 22.9. The number of nitrogens with one attached hydrogen (secondary N) is 1. The van der Waals surface area contributed by atoms with Crippen LogP contribution in [0, 0.1) is 23.7 Å². The van der Waals surface area contributed by atoms with E-state index in [0.29, 0.717) is 17.8 Å². The van der Waals surface area contributed by atoms with Gasteiger partial charge < -0.3 is 15.3 Å². The molecule has 0 saturated carbocycles. The van der Waals surface area contributed by atoms with Gasteiger partial charge in [-0.15, -0.1) is 0 Å². The number of aliphatic hydroxyl groups excluding tert-OH is 1. The Hall–Kier alpha value is -1.10. The average molecular weight is 343 g/mol. The Kier molecular flexibility index (Phi) is 10.9. The molecule has 3 unspecified atom stereocenters. The van der Waals surface area contributed by atoms with Gasteiger partial charge in [0.15, 0.2) is 0 Å². The van der Waals surface area contributed by atoms with Crippen LogP contribution < -0.4 is 5.32 Å². The second-order valence-corrected chi connectivity index (χ2v) is 7.81. The molecule has 0 aromatic carbocycles. The van der Waals surface area contributed by atoms with Gasteiger partial charge in [-0.05, 0) is 30.6 Å². The van der Waals surface area contributed by atoms with Crippen LogP contribution in [0.15, 0.2) is 0 Å². The minimum absolute atomic E-state index is 0.00500. The Morgan fingerprint density at radius 3 is 2.00 bits per heavy atom. The van der Waals surface area contributed by atoms with E-state index in [1.165, 1.54) is 0 Å². The molecule has 0 saturated heterocycles. The highest BCUT2D eigenvalue weighted by Crippen LogP contribution is 2.23. The summed E-state index contributed by atoms with van der Waals surface area (Å²) in [6.45, 7) is 12.5. The molecule has 0 aliphatic carbocycles. The highest BCUT2D eigenvalue weighted by Gasteiger charge is 2.26. The zero-order chi connectivity index (χ0) is 18.9. The summed E-state index contributed by atoms with van der Waals surface area (Å²) in [6.07, 6.45) is 2.52. The predicted octanol–water partition coefficient (Wildman–Crippen LogP) is 2.68. The molecular weight excluding hydrogens is 304 g/mol. The zero-order valence-corrected chi connectivity index (χ0v) is 16.6. The molecule has 2 N–H and O–H groups in total. The molecule has 5 nitrogen and oxygen atoms in total. The van der Waals surface area contributed by atoms with Crippen molar-refractivity contribution in [2.45, 2.75) is 66.8 Å². The number of rotatable bonds is 11. The third kappa shape index (κ3) is 8.13. The van der Waals surface area contributed by atoms with Crippen molar-refractivity contribution in [3.8, 4) is 0 Å². The third-order valence-corrected chi connectivity index (χ3v) is 4.70. The maximum atomic E-state index is 12.5. The van der Waals surface area contributed by atoms with Crippen molar-refractivity contribution >= 4 is 11.8 Å². The second kappa shape index (κ2) is 11.5. The van der Waals surface area contributed by atoms with Crippen LogP contribution in [-0.2, 0) is 9.59 Å². The van der Waals surface area contributed by atoms with Crippen molar-refractivity contribution in [3.63, 3.8) is 0 Å². The molecule has 3 atom stereocenters. The lowest BCUT2D eigenvalue weighted by Gasteiger charge is -2.29. The average Bonchev–Trinajstić information content (AvgIpc) is 2.53. The van der Waals surface area contributed by atoms with Crippen molar-refractivity contribution < 1.29 is 14.7 Å². The zero-order valence-electron chi connectivity index (χ0n) is 16.6. The van der Waals surface area contributed by atoms with E-state index >= 15 is 0 Å². The summed E-state index contributed by atoms with van der Waals surface area (Å²) in [5, 5.41) is 12.3. The molecule has 0 fully saturated rings. The number of carbonyl (C=O) groups excluding carboxylic acids is 2. The molecule has 0 rings (SSSR count). The van der Waals surface area contributed by atoms with Crippen LogP contribution >= 0.6 is 0 Å². The Bertz CT molecular complexity index is 383. The number of amides is 2. The molecule has 0 aliphatic rings. The molecule has 142 valence electrons. The van der Waals surface area contributed by atoms with Crippen molar-refractivity contribution in [1.82, 2.24) is 10.2 Å². The molecular formula is C19H38N2O3. The summed E-state index contributed by atoms with van der Waals surface area (Å²) in [6, 6.07) is -0.199. The summed E-state index contributed by atoms with van der Waals surface area (Å²) in [7, 11) is 1.69. The van der Waals surface area contributed by atoms with E-state index in [2.05, 4.69) is 46.9 Å². The van der Waals surface area contributed by atoms with E-state index in [4.69, 9.17) is 0 Å².